The van der Waals surface area contributed by atoms with Crippen molar-refractivity contribution in [3.63, 3.8) is 0 Å². The highest BCUT2D eigenvalue weighted by atomic mass is 79.9. The quantitative estimate of drug-likeness (QED) is 0.712. The van der Waals surface area contributed by atoms with Crippen molar-refractivity contribution in [2.45, 2.75) is 6.18 Å². The van der Waals surface area contributed by atoms with Crippen molar-refractivity contribution >= 4 is 27.5 Å². The highest BCUT2D eigenvalue weighted by Crippen LogP contribution is 2.37. The van der Waals surface area contributed by atoms with Gasteiger partial charge in [-0.25, -0.2) is 9.97 Å². The zero-order valence-electron chi connectivity index (χ0n) is 8.67. The Morgan fingerprint density at radius 1 is 1.17 bits per heavy atom. The zero-order valence-corrected chi connectivity index (χ0v) is 11.0. The molecule has 0 atom stereocenters. The van der Waals surface area contributed by atoms with Gasteiger partial charge in [-0.3, -0.25) is 0 Å². The lowest BCUT2D eigenvalue weighted by Crippen LogP contribution is -2.08. The summed E-state index contributed by atoms with van der Waals surface area (Å²) in [4.78, 5) is 7.59. The van der Waals surface area contributed by atoms with Crippen molar-refractivity contribution in [3.8, 4) is 11.4 Å². The van der Waals surface area contributed by atoms with Crippen LogP contribution in [0.2, 0.25) is 5.15 Å². The Kier molecular flexibility index (Phi) is 3.59. The predicted molar refractivity (Wildman–Crippen MR) is 65.2 cm³/mol. The number of alkyl halides is 3. The average molecular weight is 338 g/mol. The Morgan fingerprint density at radius 3 is 2.50 bits per heavy atom. The second-order valence-corrected chi connectivity index (χ2v) is 4.69. The third-order valence-corrected chi connectivity index (χ3v) is 2.85. The van der Waals surface area contributed by atoms with Crippen molar-refractivity contribution in [1.29, 1.82) is 0 Å². The minimum absolute atomic E-state index is 0.0534. The van der Waals surface area contributed by atoms with E-state index in [9.17, 15) is 13.2 Å². The van der Waals surface area contributed by atoms with Crippen LogP contribution in [0.4, 0.5) is 13.2 Å². The molecule has 0 saturated carbocycles. The molecule has 0 spiro atoms. The largest absolute Gasteiger partial charge is 0.417 e. The lowest BCUT2D eigenvalue weighted by Gasteiger charge is -2.12. The maximum atomic E-state index is 12.9. The van der Waals surface area contributed by atoms with E-state index in [1.165, 1.54) is 24.4 Å². The minimum Gasteiger partial charge on any atom is -0.236 e. The van der Waals surface area contributed by atoms with Crippen LogP contribution >= 0.6 is 27.5 Å². The molecule has 0 radical (unpaired) electrons. The van der Waals surface area contributed by atoms with E-state index in [0.717, 1.165) is 6.07 Å². The van der Waals surface area contributed by atoms with Crippen molar-refractivity contribution in [3.05, 3.63) is 45.7 Å². The molecule has 0 fully saturated rings. The van der Waals surface area contributed by atoms with Crippen LogP contribution in [0.5, 0.6) is 0 Å². The average Bonchev–Trinajstić information content (AvgIpc) is 2.27. The van der Waals surface area contributed by atoms with E-state index in [1.54, 1.807) is 0 Å². The van der Waals surface area contributed by atoms with E-state index in [4.69, 9.17) is 11.6 Å². The molecular weight excluding hydrogens is 332 g/mol. The number of hydrogen-bond acceptors (Lipinski definition) is 2. The molecule has 7 heteroatoms. The molecule has 0 N–H and O–H groups in total. The first-order valence-electron chi connectivity index (χ1n) is 4.73. The topological polar surface area (TPSA) is 25.8 Å². The van der Waals surface area contributed by atoms with Crippen LogP contribution < -0.4 is 0 Å². The van der Waals surface area contributed by atoms with Crippen LogP contribution in [-0.4, -0.2) is 9.97 Å². The molecular formula is C11H5BrClF3N2. The molecule has 18 heavy (non-hydrogen) atoms. The van der Waals surface area contributed by atoms with Gasteiger partial charge in [-0.15, -0.1) is 0 Å². The maximum Gasteiger partial charge on any atom is 0.417 e. The lowest BCUT2D eigenvalue weighted by molar-refractivity contribution is -0.137. The number of nitrogens with zero attached hydrogens (tertiary/aromatic N) is 2. The second-order valence-electron chi connectivity index (χ2n) is 3.39. The number of halogens is 5. The van der Waals surface area contributed by atoms with E-state index in [-0.39, 0.29) is 16.5 Å². The van der Waals surface area contributed by atoms with Crippen molar-refractivity contribution in [2.75, 3.05) is 0 Å². The summed E-state index contributed by atoms with van der Waals surface area (Å²) in [5.74, 6) is -0.0534. The third-order valence-electron chi connectivity index (χ3n) is 2.15. The van der Waals surface area contributed by atoms with Crippen molar-refractivity contribution in [1.82, 2.24) is 9.97 Å². The summed E-state index contributed by atoms with van der Waals surface area (Å²) in [5.41, 5.74) is -0.910. The molecule has 2 rings (SSSR count). The Hall–Kier alpha value is -1.14. The van der Waals surface area contributed by atoms with Crippen LogP contribution in [0.15, 0.2) is 34.9 Å². The van der Waals surface area contributed by atoms with Gasteiger partial charge in [0, 0.05) is 16.2 Å². The minimum atomic E-state index is -4.48. The molecule has 0 amide bonds. The summed E-state index contributed by atoms with van der Waals surface area (Å²) in [7, 11) is 0. The first kappa shape index (κ1) is 13.3. The molecule has 1 aromatic heterocycles. The first-order valence-corrected chi connectivity index (χ1v) is 5.90. The van der Waals surface area contributed by atoms with Crippen LogP contribution in [0.25, 0.3) is 11.4 Å². The van der Waals surface area contributed by atoms with Crippen LogP contribution in [0, 0.1) is 0 Å². The summed E-state index contributed by atoms with van der Waals surface area (Å²) >= 11 is 8.66. The normalized spacial score (nSPS) is 11.6. The number of rotatable bonds is 1. The molecule has 0 aliphatic carbocycles. The van der Waals surface area contributed by atoms with E-state index >= 15 is 0 Å². The van der Waals surface area contributed by atoms with Gasteiger partial charge in [0.1, 0.15) is 5.15 Å². The number of aromatic nitrogens is 2. The summed E-state index contributed by atoms with van der Waals surface area (Å²) in [5, 5.41) is 0.0936. The monoisotopic (exact) mass is 336 g/mol. The SMILES string of the molecule is FC(F)(F)c1cc(Br)ccc1-c1nccc(Cl)n1. The molecule has 2 aromatic rings. The highest BCUT2D eigenvalue weighted by Gasteiger charge is 2.34. The third kappa shape index (κ3) is 2.81. The maximum absolute atomic E-state index is 12.9. The van der Waals surface area contributed by atoms with Crippen molar-refractivity contribution in [2.24, 2.45) is 0 Å². The molecule has 0 unspecified atom stereocenters. The smallest absolute Gasteiger partial charge is 0.236 e. The zero-order chi connectivity index (χ0) is 13.3. The van der Waals surface area contributed by atoms with Gasteiger partial charge >= 0.3 is 6.18 Å². The molecule has 2 nitrogen and oxygen atoms in total. The van der Waals surface area contributed by atoms with E-state index in [1.807, 2.05) is 0 Å². The van der Waals surface area contributed by atoms with Crippen LogP contribution in [0.3, 0.4) is 0 Å². The standard InChI is InChI=1S/C11H5BrClF3N2/c12-6-1-2-7(8(5-6)11(14,15)16)10-17-4-3-9(13)18-10/h1-5H. The Labute approximate surface area is 114 Å². The predicted octanol–water partition coefficient (Wildman–Crippen LogP) is 4.58. The van der Waals surface area contributed by atoms with Gasteiger partial charge in [0.2, 0.25) is 0 Å². The van der Waals surface area contributed by atoms with E-state index < -0.39 is 11.7 Å². The van der Waals surface area contributed by atoms with Gasteiger partial charge in [-0.05, 0) is 24.3 Å². The Bertz CT molecular complexity index is 587. The summed E-state index contributed by atoms with van der Waals surface area (Å²) < 4.78 is 39.0. The van der Waals surface area contributed by atoms with Gasteiger partial charge in [-0.2, -0.15) is 13.2 Å². The summed E-state index contributed by atoms with van der Waals surface area (Å²) in [6, 6.07) is 5.18. The van der Waals surface area contributed by atoms with Gasteiger partial charge in [0.25, 0.3) is 0 Å². The number of hydrogen-bond donors (Lipinski definition) is 0. The van der Waals surface area contributed by atoms with Gasteiger partial charge in [0.15, 0.2) is 5.82 Å². The summed E-state index contributed by atoms with van der Waals surface area (Å²) in [6.07, 6.45) is -3.17. The fraction of sp³-hybridized carbons (Fsp3) is 0.0909. The van der Waals surface area contributed by atoms with Crippen LogP contribution in [0.1, 0.15) is 5.56 Å². The second kappa shape index (κ2) is 4.85. The molecule has 0 aliphatic heterocycles. The van der Waals surface area contributed by atoms with E-state index in [2.05, 4.69) is 25.9 Å². The molecule has 1 heterocycles. The van der Waals surface area contributed by atoms with Crippen molar-refractivity contribution < 1.29 is 13.2 Å². The summed E-state index contributed by atoms with van der Waals surface area (Å²) in [6.45, 7) is 0. The fourth-order valence-corrected chi connectivity index (χ4v) is 1.91. The molecule has 0 aliphatic rings. The first-order chi connectivity index (χ1) is 8.38. The lowest BCUT2D eigenvalue weighted by atomic mass is 10.1. The Balaban J connectivity index is 2.64. The van der Waals surface area contributed by atoms with Gasteiger partial charge < -0.3 is 0 Å². The van der Waals surface area contributed by atoms with Gasteiger partial charge in [-0.1, -0.05) is 27.5 Å². The van der Waals surface area contributed by atoms with Crippen LogP contribution in [-0.2, 0) is 6.18 Å². The molecule has 0 bridgehead atoms. The molecule has 94 valence electrons. The van der Waals surface area contributed by atoms with E-state index in [0.29, 0.717) is 4.47 Å². The van der Waals surface area contributed by atoms with Gasteiger partial charge in [0.05, 0.1) is 5.56 Å². The highest BCUT2D eigenvalue weighted by molar-refractivity contribution is 9.10. The fourth-order valence-electron chi connectivity index (χ4n) is 1.41. The number of benzene rings is 1. The Morgan fingerprint density at radius 2 is 1.89 bits per heavy atom. The molecule has 0 saturated heterocycles. The molecule has 1 aromatic carbocycles.